The molecular weight excluding hydrogens is 500 g/mol. The SMILES string of the molecule is COC(=O)C1=C(C)NC(C)=C(C(=O)OC/C=C/c2ccc(Cn3ccnc3)cc2)C1c1ccccc1[N+](=O)[O-]. The fourth-order valence-corrected chi connectivity index (χ4v) is 4.57. The molecule has 0 saturated heterocycles. The van der Waals surface area contributed by atoms with E-state index in [0.29, 0.717) is 17.9 Å². The predicted molar refractivity (Wildman–Crippen MR) is 144 cm³/mol. The standard InChI is InChI=1S/C29H28N4O6/c1-19-25(28(34)38-3)27(23-8-4-5-9-24(23)33(36)37)26(20(2)31-19)29(35)39-16-6-7-21-10-12-22(13-11-21)17-32-15-14-30-18-32/h4-15,18,27,31H,16-17H2,1-3H3/b7-6+. The molecule has 0 bridgehead atoms. The number of rotatable bonds is 9. The number of nitro benzene ring substituents is 1. The summed E-state index contributed by atoms with van der Waals surface area (Å²) in [5.74, 6) is -2.44. The highest BCUT2D eigenvalue weighted by Crippen LogP contribution is 2.42. The summed E-state index contributed by atoms with van der Waals surface area (Å²) in [4.78, 5) is 41.4. The summed E-state index contributed by atoms with van der Waals surface area (Å²) in [6, 6.07) is 14.0. The van der Waals surface area contributed by atoms with Gasteiger partial charge in [0.25, 0.3) is 5.69 Å². The van der Waals surface area contributed by atoms with Gasteiger partial charge in [0.05, 0.1) is 35.4 Å². The largest absolute Gasteiger partial charge is 0.466 e. The summed E-state index contributed by atoms with van der Waals surface area (Å²) in [5, 5.41) is 14.8. The lowest BCUT2D eigenvalue weighted by atomic mass is 9.79. The Balaban J connectivity index is 1.53. The number of methoxy groups -OCH3 is 1. The van der Waals surface area contributed by atoms with Crippen molar-refractivity contribution in [1.29, 1.82) is 0 Å². The van der Waals surface area contributed by atoms with Crippen molar-refractivity contribution in [1.82, 2.24) is 14.9 Å². The summed E-state index contributed by atoms with van der Waals surface area (Å²) >= 11 is 0. The predicted octanol–water partition coefficient (Wildman–Crippen LogP) is 4.50. The number of hydrogen-bond acceptors (Lipinski definition) is 8. The molecular formula is C29H28N4O6. The number of ether oxygens (including phenoxy) is 2. The molecule has 1 atom stereocenters. The minimum absolute atomic E-state index is 0.0355. The molecule has 2 aromatic carbocycles. The molecule has 3 aromatic rings. The number of benzene rings is 2. The Kier molecular flexibility index (Phi) is 8.35. The van der Waals surface area contributed by atoms with Crippen molar-refractivity contribution < 1.29 is 24.0 Å². The Morgan fingerprint density at radius 2 is 1.77 bits per heavy atom. The van der Waals surface area contributed by atoms with Gasteiger partial charge in [-0.15, -0.1) is 0 Å². The van der Waals surface area contributed by atoms with E-state index in [1.165, 1.54) is 25.3 Å². The van der Waals surface area contributed by atoms with Crippen LogP contribution in [-0.2, 0) is 25.6 Å². The monoisotopic (exact) mass is 528 g/mol. The van der Waals surface area contributed by atoms with Gasteiger partial charge in [0.2, 0.25) is 0 Å². The third kappa shape index (κ3) is 6.12. The van der Waals surface area contributed by atoms with Crippen LogP contribution in [0.25, 0.3) is 6.08 Å². The first kappa shape index (κ1) is 27.1. The van der Waals surface area contributed by atoms with Crippen molar-refractivity contribution in [3.63, 3.8) is 0 Å². The second kappa shape index (κ2) is 12.0. The quantitative estimate of drug-likeness (QED) is 0.244. The van der Waals surface area contributed by atoms with E-state index >= 15 is 0 Å². The molecule has 10 nitrogen and oxygen atoms in total. The highest BCUT2D eigenvalue weighted by atomic mass is 16.6. The number of esters is 2. The normalized spacial score (nSPS) is 15.3. The fourth-order valence-electron chi connectivity index (χ4n) is 4.57. The molecule has 200 valence electrons. The minimum Gasteiger partial charge on any atom is -0.466 e. The first-order chi connectivity index (χ1) is 18.8. The van der Waals surface area contributed by atoms with Gasteiger partial charge in [-0.2, -0.15) is 0 Å². The zero-order valence-corrected chi connectivity index (χ0v) is 21.8. The maximum Gasteiger partial charge on any atom is 0.337 e. The molecule has 0 saturated carbocycles. The van der Waals surface area contributed by atoms with Crippen molar-refractivity contribution in [2.75, 3.05) is 13.7 Å². The van der Waals surface area contributed by atoms with Crippen LogP contribution in [0.2, 0.25) is 0 Å². The van der Waals surface area contributed by atoms with E-state index < -0.39 is 22.8 Å². The van der Waals surface area contributed by atoms with Crippen LogP contribution in [0.1, 0.15) is 36.5 Å². The van der Waals surface area contributed by atoms with E-state index in [0.717, 1.165) is 11.1 Å². The van der Waals surface area contributed by atoms with E-state index in [1.807, 2.05) is 41.1 Å². The van der Waals surface area contributed by atoms with E-state index in [2.05, 4.69) is 10.3 Å². The number of nitro groups is 1. The average molecular weight is 529 g/mol. The van der Waals surface area contributed by atoms with Gasteiger partial charge in [0, 0.05) is 42.0 Å². The van der Waals surface area contributed by atoms with Gasteiger partial charge in [-0.1, -0.05) is 48.5 Å². The molecule has 0 aliphatic carbocycles. The average Bonchev–Trinajstić information content (AvgIpc) is 3.44. The van der Waals surface area contributed by atoms with Crippen LogP contribution in [0.4, 0.5) is 5.69 Å². The topological polar surface area (TPSA) is 126 Å². The van der Waals surface area contributed by atoms with Crippen molar-refractivity contribution in [3.05, 3.63) is 123 Å². The van der Waals surface area contributed by atoms with Crippen LogP contribution < -0.4 is 5.32 Å². The van der Waals surface area contributed by atoms with Crippen molar-refractivity contribution in [2.45, 2.75) is 26.3 Å². The van der Waals surface area contributed by atoms with Crippen molar-refractivity contribution >= 4 is 23.7 Å². The summed E-state index contributed by atoms with van der Waals surface area (Å²) in [5.41, 5.74) is 3.12. The molecule has 0 radical (unpaired) electrons. The number of nitrogens with zero attached hydrogens (tertiary/aromatic N) is 3. The van der Waals surface area contributed by atoms with E-state index in [4.69, 9.17) is 9.47 Å². The molecule has 1 N–H and O–H groups in total. The second-order valence-corrected chi connectivity index (χ2v) is 8.92. The van der Waals surface area contributed by atoms with Gasteiger partial charge < -0.3 is 19.4 Å². The Bertz CT molecular complexity index is 1470. The van der Waals surface area contributed by atoms with Crippen LogP contribution in [0, 0.1) is 10.1 Å². The van der Waals surface area contributed by atoms with Crippen LogP contribution in [0.3, 0.4) is 0 Å². The van der Waals surface area contributed by atoms with Gasteiger partial charge in [0.1, 0.15) is 6.61 Å². The van der Waals surface area contributed by atoms with Gasteiger partial charge >= 0.3 is 11.9 Å². The fraction of sp³-hybridized carbons (Fsp3) is 0.207. The molecule has 1 aliphatic rings. The molecule has 39 heavy (non-hydrogen) atoms. The minimum atomic E-state index is -1.04. The zero-order valence-electron chi connectivity index (χ0n) is 21.8. The Morgan fingerprint density at radius 1 is 1.08 bits per heavy atom. The molecule has 0 amide bonds. The first-order valence-electron chi connectivity index (χ1n) is 12.2. The molecule has 2 heterocycles. The Labute approximate surface area is 225 Å². The molecule has 4 rings (SSSR count). The Hall–Kier alpha value is -4.99. The number of carbonyl (C=O) groups excluding carboxylic acids is 2. The number of aromatic nitrogens is 2. The highest BCUT2D eigenvalue weighted by Gasteiger charge is 2.40. The lowest BCUT2D eigenvalue weighted by Crippen LogP contribution is -2.32. The Morgan fingerprint density at radius 3 is 2.41 bits per heavy atom. The van der Waals surface area contributed by atoms with Crippen LogP contribution >= 0.6 is 0 Å². The number of dihydropyridines is 1. The van der Waals surface area contributed by atoms with Gasteiger partial charge in [0.15, 0.2) is 0 Å². The number of carbonyl (C=O) groups is 2. The number of allylic oxidation sites excluding steroid dienone is 2. The molecule has 1 unspecified atom stereocenters. The summed E-state index contributed by atoms with van der Waals surface area (Å²) in [6.45, 7) is 4.00. The second-order valence-electron chi connectivity index (χ2n) is 8.92. The zero-order chi connectivity index (χ0) is 27.9. The molecule has 10 heteroatoms. The van der Waals surface area contributed by atoms with Crippen LogP contribution in [0.15, 0.2) is 95.9 Å². The summed E-state index contributed by atoms with van der Waals surface area (Å²) in [6.07, 6.45) is 8.92. The maximum absolute atomic E-state index is 13.3. The number of hydrogen-bond donors (Lipinski definition) is 1. The summed E-state index contributed by atoms with van der Waals surface area (Å²) in [7, 11) is 1.22. The maximum atomic E-state index is 13.3. The van der Waals surface area contributed by atoms with E-state index in [-0.39, 0.29) is 29.0 Å². The highest BCUT2D eigenvalue weighted by molar-refractivity contribution is 6.00. The molecule has 0 spiro atoms. The van der Waals surface area contributed by atoms with Crippen molar-refractivity contribution in [2.24, 2.45) is 0 Å². The lowest BCUT2D eigenvalue weighted by Gasteiger charge is -2.30. The number of para-hydroxylation sites is 1. The van der Waals surface area contributed by atoms with Crippen molar-refractivity contribution in [3.8, 4) is 0 Å². The lowest BCUT2D eigenvalue weighted by molar-refractivity contribution is -0.385. The van der Waals surface area contributed by atoms with Crippen LogP contribution in [0.5, 0.6) is 0 Å². The third-order valence-electron chi connectivity index (χ3n) is 6.36. The number of imidazole rings is 1. The van der Waals surface area contributed by atoms with Gasteiger partial charge in [-0.3, -0.25) is 10.1 Å². The van der Waals surface area contributed by atoms with E-state index in [1.54, 1.807) is 38.5 Å². The van der Waals surface area contributed by atoms with E-state index in [9.17, 15) is 19.7 Å². The van der Waals surface area contributed by atoms with Crippen LogP contribution in [-0.4, -0.2) is 40.1 Å². The molecule has 1 aromatic heterocycles. The third-order valence-corrected chi connectivity index (χ3v) is 6.36. The van der Waals surface area contributed by atoms with Gasteiger partial charge in [-0.05, 0) is 31.1 Å². The summed E-state index contributed by atoms with van der Waals surface area (Å²) < 4.78 is 12.5. The smallest absolute Gasteiger partial charge is 0.337 e. The number of nitrogens with one attached hydrogen (secondary N) is 1. The molecule has 1 aliphatic heterocycles. The molecule has 0 fully saturated rings. The van der Waals surface area contributed by atoms with Gasteiger partial charge in [-0.25, -0.2) is 14.6 Å². The first-order valence-corrected chi connectivity index (χ1v) is 12.2.